The molecule has 0 aliphatic carbocycles. The van der Waals surface area contributed by atoms with E-state index in [0.29, 0.717) is 11.3 Å². The maximum atomic E-state index is 14.1. The summed E-state index contributed by atoms with van der Waals surface area (Å²) in [5.41, 5.74) is 6.81. The van der Waals surface area contributed by atoms with Crippen LogP contribution in [0.1, 0.15) is 5.56 Å². The van der Waals surface area contributed by atoms with Crippen LogP contribution in [0.3, 0.4) is 0 Å². The smallest absolute Gasteiger partial charge is 0.272 e. The fourth-order valence-corrected chi connectivity index (χ4v) is 1.99. The molecule has 7 heteroatoms. The predicted octanol–water partition coefficient (Wildman–Crippen LogP) is 3.12. The Labute approximate surface area is 120 Å². The minimum atomic E-state index is -0.697. The van der Waals surface area contributed by atoms with Gasteiger partial charge in [-0.25, -0.2) is 9.37 Å². The summed E-state index contributed by atoms with van der Waals surface area (Å²) < 4.78 is 14.1. The highest BCUT2D eigenvalue weighted by atomic mass is 19.1. The van der Waals surface area contributed by atoms with Crippen LogP contribution in [0.2, 0.25) is 0 Å². The van der Waals surface area contributed by atoms with Crippen molar-refractivity contribution in [2.45, 2.75) is 0 Å². The second-order valence-corrected chi connectivity index (χ2v) is 4.28. The number of nitro groups is 1. The molecular weight excluding hydrogens is 275 g/mol. The SMILES string of the molecule is C=Cc1c(N(C)c2ccc([N+](=O)[O-])cc2F)ccnc1N. The molecule has 0 amide bonds. The van der Waals surface area contributed by atoms with Gasteiger partial charge in [0.2, 0.25) is 0 Å². The van der Waals surface area contributed by atoms with E-state index in [4.69, 9.17) is 5.73 Å². The van der Waals surface area contributed by atoms with Crippen LogP contribution in [0.25, 0.3) is 6.08 Å². The number of nitrogens with two attached hydrogens (primary N) is 1. The molecular formula is C14H13FN4O2. The Bertz CT molecular complexity index is 718. The van der Waals surface area contributed by atoms with Crippen LogP contribution in [-0.2, 0) is 0 Å². The van der Waals surface area contributed by atoms with Crippen molar-refractivity contribution in [3.8, 4) is 0 Å². The van der Waals surface area contributed by atoms with Crippen LogP contribution < -0.4 is 10.6 Å². The van der Waals surface area contributed by atoms with Gasteiger partial charge in [0.1, 0.15) is 5.82 Å². The summed E-state index contributed by atoms with van der Waals surface area (Å²) in [6.45, 7) is 3.66. The molecule has 0 atom stereocenters. The molecule has 0 bridgehead atoms. The molecule has 0 unspecified atom stereocenters. The average molecular weight is 288 g/mol. The molecule has 0 saturated heterocycles. The van der Waals surface area contributed by atoms with E-state index in [9.17, 15) is 14.5 Å². The van der Waals surface area contributed by atoms with E-state index in [1.54, 1.807) is 13.1 Å². The zero-order valence-corrected chi connectivity index (χ0v) is 11.3. The quantitative estimate of drug-likeness (QED) is 0.690. The second kappa shape index (κ2) is 5.58. The molecule has 108 valence electrons. The molecule has 0 aliphatic heterocycles. The lowest BCUT2D eigenvalue weighted by atomic mass is 10.1. The van der Waals surface area contributed by atoms with E-state index in [0.717, 1.165) is 6.07 Å². The number of benzene rings is 1. The third kappa shape index (κ3) is 2.66. The summed E-state index contributed by atoms with van der Waals surface area (Å²) in [7, 11) is 1.63. The van der Waals surface area contributed by atoms with E-state index in [2.05, 4.69) is 11.6 Å². The Morgan fingerprint density at radius 2 is 2.14 bits per heavy atom. The molecule has 0 fully saturated rings. The Balaban J connectivity index is 2.50. The predicted molar refractivity (Wildman–Crippen MR) is 79.9 cm³/mol. The third-order valence-corrected chi connectivity index (χ3v) is 3.07. The molecule has 2 rings (SSSR count). The maximum Gasteiger partial charge on any atom is 0.272 e. The lowest BCUT2D eigenvalue weighted by Gasteiger charge is -2.22. The van der Waals surface area contributed by atoms with Crippen LogP contribution in [0.4, 0.5) is 27.3 Å². The van der Waals surface area contributed by atoms with Crippen molar-refractivity contribution in [3.05, 3.63) is 58.5 Å². The van der Waals surface area contributed by atoms with Crippen molar-refractivity contribution >= 4 is 29.0 Å². The molecule has 0 saturated carbocycles. The van der Waals surface area contributed by atoms with Gasteiger partial charge in [-0.3, -0.25) is 10.1 Å². The Hall–Kier alpha value is -2.96. The van der Waals surface area contributed by atoms with Crippen molar-refractivity contribution in [2.75, 3.05) is 17.7 Å². The standard InChI is InChI=1S/C14H13FN4O2/c1-3-10-12(6-7-17-14(10)16)18(2)13-5-4-9(19(20)21)8-11(13)15/h3-8H,1H2,2H3,(H2,16,17). The zero-order valence-electron chi connectivity index (χ0n) is 11.3. The number of halogens is 1. The minimum absolute atomic E-state index is 0.189. The number of pyridine rings is 1. The highest BCUT2D eigenvalue weighted by molar-refractivity contribution is 5.78. The number of hydrogen-bond acceptors (Lipinski definition) is 5. The highest BCUT2D eigenvalue weighted by Crippen LogP contribution is 2.32. The number of anilines is 3. The molecule has 1 aromatic heterocycles. The van der Waals surface area contributed by atoms with Gasteiger partial charge >= 0.3 is 0 Å². The van der Waals surface area contributed by atoms with E-state index < -0.39 is 10.7 Å². The largest absolute Gasteiger partial charge is 0.383 e. The zero-order chi connectivity index (χ0) is 15.6. The van der Waals surface area contributed by atoms with Gasteiger partial charge in [-0.15, -0.1) is 0 Å². The molecule has 1 heterocycles. The third-order valence-electron chi connectivity index (χ3n) is 3.07. The number of non-ortho nitro benzene ring substituents is 1. The first-order valence-corrected chi connectivity index (χ1v) is 6.00. The Morgan fingerprint density at radius 1 is 1.43 bits per heavy atom. The lowest BCUT2D eigenvalue weighted by Crippen LogP contribution is -2.14. The van der Waals surface area contributed by atoms with Gasteiger partial charge in [-0.05, 0) is 12.1 Å². The molecule has 6 nitrogen and oxygen atoms in total. The maximum absolute atomic E-state index is 14.1. The first-order valence-electron chi connectivity index (χ1n) is 6.00. The molecule has 0 spiro atoms. The summed E-state index contributed by atoms with van der Waals surface area (Å²) in [6.07, 6.45) is 3.02. The van der Waals surface area contributed by atoms with Gasteiger partial charge in [-0.1, -0.05) is 12.7 Å². The van der Waals surface area contributed by atoms with Crippen molar-refractivity contribution in [1.82, 2.24) is 4.98 Å². The van der Waals surface area contributed by atoms with Crippen molar-refractivity contribution in [3.63, 3.8) is 0 Å². The van der Waals surface area contributed by atoms with Crippen molar-refractivity contribution < 1.29 is 9.31 Å². The van der Waals surface area contributed by atoms with Crippen molar-refractivity contribution in [2.24, 2.45) is 0 Å². The highest BCUT2D eigenvalue weighted by Gasteiger charge is 2.17. The number of nitrogens with zero attached hydrogens (tertiary/aromatic N) is 3. The van der Waals surface area contributed by atoms with Crippen molar-refractivity contribution in [1.29, 1.82) is 0 Å². The Kier molecular flexibility index (Phi) is 3.84. The van der Waals surface area contributed by atoms with Gasteiger partial charge in [0.15, 0.2) is 5.82 Å². The van der Waals surface area contributed by atoms with E-state index in [-0.39, 0.29) is 17.2 Å². The average Bonchev–Trinajstić information content (AvgIpc) is 2.46. The summed E-state index contributed by atoms with van der Waals surface area (Å²) >= 11 is 0. The van der Waals surface area contributed by atoms with Gasteiger partial charge in [0.05, 0.1) is 22.4 Å². The first kappa shape index (κ1) is 14.4. The molecule has 0 radical (unpaired) electrons. The number of rotatable bonds is 4. The monoisotopic (exact) mass is 288 g/mol. The number of aromatic nitrogens is 1. The van der Waals surface area contributed by atoms with Crippen LogP contribution in [0.15, 0.2) is 37.0 Å². The summed E-state index contributed by atoms with van der Waals surface area (Å²) in [4.78, 5) is 15.5. The summed E-state index contributed by atoms with van der Waals surface area (Å²) in [5, 5.41) is 10.6. The van der Waals surface area contributed by atoms with Gasteiger partial charge in [0, 0.05) is 24.9 Å². The Morgan fingerprint density at radius 3 is 2.71 bits per heavy atom. The molecule has 2 N–H and O–H groups in total. The van der Waals surface area contributed by atoms with E-state index in [1.165, 1.54) is 29.3 Å². The molecule has 1 aromatic carbocycles. The minimum Gasteiger partial charge on any atom is -0.383 e. The molecule has 0 aliphatic rings. The lowest BCUT2D eigenvalue weighted by molar-refractivity contribution is -0.385. The first-order chi connectivity index (χ1) is 9.95. The number of hydrogen-bond donors (Lipinski definition) is 1. The summed E-state index contributed by atoms with van der Waals surface area (Å²) in [5.74, 6) is -0.422. The van der Waals surface area contributed by atoms with E-state index >= 15 is 0 Å². The molecule has 2 aromatic rings. The van der Waals surface area contributed by atoms with Gasteiger partial charge < -0.3 is 10.6 Å². The van der Waals surface area contributed by atoms with Crippen LogP contribution in [0.5, 0.6) is 0 Å². The number of nitrogen functional groups attached to an aromatic ring is 1. The number of nitro benzene ring substituents is 1. The molecule has 21 heavy (non-hydrogen) atoms. The topological polar surface area (TPSA) is 85.3 Å². The second-order valence-electron chi connectivity index (χ2n) is 4.28. The fraction of sp³-hybridized carbons (Fsp3) is 0.0714. The van der Waals surface area contributed by atoms with Crippen LogP contribution in [-0.4, -0.2) is 17.0 Å². The van der Waals surface area contributed by atoms with Crippen LogP contribution in [0, 0.1) is 15.9 Å². The van der Waals surface area contributed by atoms with Gasteiger partial charge in [-0.2, -0.15) is 0 Å². The summed E-state index contributed by atoms with van der Waals surface area (Å²) in [6, 6.07) is 5.13. The van der Waals surface area contributed by atoms with Crippen LogP contribution >= 0.6 is 0 Å². The van der Waals surface area contributed by atoms with E-state index in [1.807, 2.05) is 0 Å². The van der Waals surface area contributed by atoms with Gasteiger partial charge in [0.25, 0.3) is 5.69 Å². The fourth-order valence-electron chi connectivity index (χ4n) is 1.99. The normalized spacial score (nSPS) is 10.2.